The zero-order valence-corrected chi connectivity index (χ0v) is 9.66. The van der Waals surface area contributed by atoms with Crippen LogP contribution >= 0.6 is 0 Å². The molecule has 0 heterocycles. The van der Waals surface area contributed by atoms with Gasteiger partial charge < -0.3 is 20.1 Å². The molecule has 6 heteroatoms. The highest BCUT2D eigenvalue weighted by Gasteiger charge is 2.43. The van der Waals surface area contributed by atoms with Crippen LogP contribution in [0.1, 0.15) is 34.6 Å². The molecule has 15 heavy (non-hydrogen) atoms. The number of rotatable bonds is 2. The summed E-state index contributed by atoms with van der Waals surface area (Å²) < 4.78 is 4.79. The van der Waals surface area contributed by atoms with E-state index in [0.29, 0.717) is 0 Å². The van der Waals surface area contributed by atoms with E-state index in [2.05, 4.69) is 0 Å². The van der Waals surface area contributed by atoms with Gasteiger partial charge in [-0.15, -0.1) is 0 Å². The van der Waals surface area contributed by atoms with Crippen molar-refractivity contribution >= 4 is 6.09 Å². The fourth-order valence-electron chi connectivity index (χ4n) is 0.599. The van der Waals surface area contributed by atoms with E-state index < -0.39 is 23.2 Å². The molecule has 6 nitrogen and oxygen atoms in total. The minimum absolute atomic E-state index is 0.750. The number of alkyl carbamates (subject to hydrolysis) is 1. The summed E-state index contributed by atoms with van der Waals surface area (Å²) in [5.41, 5.74) is -2.65. The number of nitrogens with one attached hydrogen (secondary N) is 1. The van der Waals surface area contributed by atoms with Gasteiger partial charge in [0.1, 0.15) is 11.2 Å². The largest absolute Gasteiger partial charge is 0.444 e. The number of hydrogen-bond acceptors (Lipinski definition) is 5. The van der Waals surface area contributed by atoms with Crippen molar-refractivity contribution in [1.29, 1.82) is 0 Å². The highest BCUT2D eigenvalue weighted by molar-refractivity contribution is 5.68. The lowest BCUT2D eigenvalue weighted by Gasteiger charge is -2.34. The lowest BCUT2D eigenvalue weighted by atomic mass is 10.1. The molecule has 0 aliphatic carbocycles. The molecule has 0 saturated heterocycles. The fourth-order valence-corrected chi connectivity index (χ4v) is 0.599. The highest BCUT2D eigenvalue weighted by Crippen LogP contribution is 2.16. The molecule has 0 radical (unpaired) electrons. The van der Waals surface area contributed by atoms with Gasteiger partial charge in [-0.1, -0.05) is 0 Å². The first kappa shape index (κ1) is 14.2. The van der Waals surface area contributed by atoms with Crippen LogP contribution in [0.5, 0.6) is 0 Å². The third-order valence-corrected chi connectivity index (χ3v) is 1.53. The third kappa shape index (κ3) is 4.96. The smallest absolute Gasteiger partial charge is 0.411 e. The number of aliphatic hydroxyl groups is 3. The van der Waals surface area contributed by atoms with Gasteiger partial charge >= 0.3 is 6.09 Å². The molecule has 0 aromatic carbocycles. The molecule has 1 amide bonds. The molecule has 0 saturated carbocycles. The summed E-state index contributed by atoms with van der Waals surface area (Å²) >= 11 is 0. The van der Waals surface area contributed by atoms with Crippen LogP contribution in [0.25, 0.3) is 0 Å². The Morgan fingerprint density at radius 3 is 1.73 bits per heavy atom. The number of amides is 1. The fraction of sp³-hybridized carbons (Fsp3) is 0.889. The maximum atomic E-state index is 11.2. The van der Waals surface area contributed by atoms with Gasteiger partial charge in [-0.3, -0.25) is 5.32 Å². The molecule has 0 spiro atoms. The monoisotopic (exact) mass is 221 g/mol. The number of ether oxygens (including phenoxy) is 1. The van der Waals surface area contributed by atoms with Crippen LogP contribution < -0.4 is 5.32 Å². The molecule has 0 aromatic heterocycles. The average molecular weight is 221 g/mol. The van der Waals surface area contributed by atoms with Crippen LogP contribution in [-0.4, -0.2) is 38.5 Å². The quantitative estimate of drug-likeness (QED) is 0.489. The molecule has 0 atom stereocenters. The normalized spacial score (nSPS) is 13.6. The highest BCUT2D eigenvalue weighted by atomic mass is 16.6. The summed E-state index contributed by atoms with van der Waals surface area (Å²) in [5.74, 6) is -2.74. The SMILES string of the molecule is CC(C)(C)OC(=O)NC(O)(O)C(C)(C)O. The Hall–Kier alpha value is -0.850. The van der Waals surface area contributed by atoms with Crippen LogP contribution in [0.15, 0.2) is 0 Å². The van der Waals surface area contributed by atoms with Crippen molar-refractivity contribution in [3.05, 3.63) is 0 Å². The molecular formula is C9H19NO5. The first-order valence-electron chi connectivity index (χ1n) is 4.53. The lowest BCUT2D eigenvalue weighted by Crippen LogP contribution is -2.62. The number of carbonyl (C=O) groups is 1. The molecule has 0 rings (SSSR count). The van der Waals surface area contributed by atoms with Crippen molar-refractivity contribution in [2.45, 2.75) is 51.7 Å². The van der Waals surface area contributed by atoms with Crippen LogP contribution in [0, 0.1) is 0 Å². The molecule has 0 fully saturated rings. The van der Waals surface area contributed by atoms with E-state index in [-0.39, 0.29) is 0 Å². The van der Waals surface area contributed by atoms with E-state index in [1.54, 1.807) is 26.1 Å². The Morgan fingerprint density at radius 2 is 1.47 bits per heavy atom. The Kier molecular flexibility index (Phi) is 3.73. The van der Waals surface area contributed by atoms with Crippen molar-refractivity contribution in [3.63, 3.8) is 0 Å². The summed E-state index contributed by atoms with van der Waals surface area (Å²) in [6.07, 6.45) is -1.02. The topological polar surface area (TPSA) is 99.0 Å². The molecule has 90 valence electrons. The van der Waals surface area contributed by atoms with Crippen LogP contribution in [0.2, 0.25) is 0 Å². The van der Waals surface area contributed by atoms with Gasteiger partial charge in [0, 0.05) is 0 Å². The van der Waals surface area contributed by atoms with Crippen LogP contribution in [-0.2, 0) is 4.74 Å². The zero-order valence-electron chi connectivity index (χ0n) is 9.66. The Labute approximate surface area is 88.9 Å². The van der Waals surface area contributed by atoms with Crippen molar-refractivity contribution in [2.24, 2.45) is 0 Å². The Morgan fingerprint density at radius 1 is 1.07 bits per heavy atom. The summed E-state index contributed by atoms with van der Waals surface area (Å²) in [6, 6.07) is 0. The minimum Gasteiger partial charge on any atom is -0.444 e. The van der Waals surface area contributed by atoms with Gasteiger partial charge in [0.25, 0.3) is 5.91 Å². The lowest BCUT2D eigenvalue weighted by molar-refractivity contribution is -0.275. The molecule has 4 N–H and O–H groups in total. The first-order chi connectivity index (χ1) is 6.35. The second-order valence-corrected chi connectivity index (χ2v) is 4.86. The summed E-state index contributed by atoms with van der Waals surface area (Å²) in [7, 11) is 0. The minimum atomic E-state index is -2.74. The molecule has 0 aliphatic rings. The van der Waals surface area contributed by atoms with Gasteiger partial charge in [-0.05, 0) is 34.6 Å². The summed E-state index contributed by atoms with van der Waals surface area (Å²) in [5, 5.41) is 29.7. The number of hydrogen-bond donors (Lipinski definition) is 4. The third-order valence-electron chi connectivity index (χ3n) is 1.53. The van der Waals surface area contributed by atoms with E-state index in [1.165, 1.54) is 0 Å². The molecule has 0 aromatic rings. The maximum Gasteiger partial charge on any atom is 0.411 e. The first-order valence-corrected chi connectivity index (χ1v) is 4.53. The second-order valence-electron chi connectivity index (χ2n) is 4.86. The summed E-state index contributed by atoms with van der Waals surface area (Å²) in [6.45, 7) is 7.18. The Bertz CT molecular complexity index is 236. The van der Waals surface area contributed by atoms with Gasteiger partial charge in [-0.25, -0.2) is 4.79 Å². The molecule has 0 bridgehead atoms. The van der Waals surface area contributed by atoms with Gasteiger partial charge in [-0.2, -0.15) is 0 Å². The van der Waals surface area contributed by atoms with Crippen LogP contribution in [0.3, 0.4) is 0 Å². The standard InChI is InChI=1S/C9H19NO5/c1-7(2,3)15-6(11)10-9(13,14)8(4,5)12/h12-14H,1-5H3,(H,10,11). The van der Waals surface area contributed by atoms with E-state index in [4.69, 9.17) is 4.74 Å². The maximum absolute atomic E-state index is 11.2. The zero-order chi connectivity index (χ0) is 12.5. The number of carbonyl (C=O) groups excluding carboxylic acids is 1. The predicted octanol–water partition coefficient (Wildman–Crippen LogP) is -0.0796. The average Bonchev–Trinajstić information content (AvgIpc) is 1.75. The summed E-state index contributed by atoms with van der Waals surface area (Å²) in [4.78, 5) is 11.2. The van der Waals surface area contributed by atoms with Crippen molar-refractivity contribution in [2.75, 3.05) is 0 Å². The second kappa shape index (κ2) is 3.96. The Balaban J connectivity index is 4.43. The van der Waals surface area contributed by atoms with Gasteiger partial charge in [0.15, 0.2) is 0 Å². The van der Waals surface area contributed by atoms with E-state index in [0.717, 1.165) is 13.8 Å². The van der Waals surface area contributed by atoms with Crippen molar-refractivity contribution < 1.29 is 24.9 Å². The molecule has 0 unspecified atom stereocenters. The van der Waals surface area contributed by atoms with E-state index >= 15 is 0 Å². The van der Waals surface area contributed by atoms with Gasteiger partial charge in [0.05, 0.1) is 0 Å². The van der Waals surface area contributed by atoms with E-state index in [9.17, 15) is 20.1 Å². The van der Waals surface area contributed by atoms with Crippen molar-refractivity contribution in [1.82, 2.24) is 5.32 Å². The van der Waals surface area contributed by atoms with Crippen molar-refractivity contribution in [3.8, 4) is 0 Å². The predicted molar refractivity (Wildman–Crippen MR) is 52.8 cm³/mol. The molecular weight excluding hydrogens is 202 g/mol. The molecule has 0 aliphatic heterocycles. The van der Waals surface area contributed by atoms with Crippen LogP contribution in [0.4, 0.5) is 4.79 Å². The van der Waals surface area contributed by atoms with E-state index in [1.807, 2.05) is 0 Å². The van der Waals surface area contributed by atoms with Gasteiger partial charge in [0.2, 0.25) is 0 Å².